The van der Waals surface area contributed by atoms with Gasteiger partial charge < -0.3 is 21.1 Å². The molecular formula is C18H23BrN4O2. The van der Waals surface area contributed by atoms with Gasteiger partial charge >= 0.3 is 0 Å². The molecule has 134 valence electrons. The number of primary amides is 1. The zero-order valence-electron chi connectivity index (χ0n) is 13.9. The normalized spacial score (nSPS) is 35.6. The number of nitrogens with one attached hydrogen (secondary N) is 2. The molecule has 0 spiro atoms. The summed E-state index contributed by atoms with van der Waals surface area (Å²) in [4.78, 5) is 19.3. The zero-order chi connectivity index (χ0) is 16.5. The summed E-state index contributed by atoms with van der Waals surface area (Å²) in [7, 11) is 0. The lowest BCUT2D eigenvalue weighted by Gasteiger charge is -2.58. The van der Waals surface area contributed by atoms with Gasteiger partial charge in [0, 0.05) is 23.8 Å². The number of pyridine rings is 1. The van der Waals surface area contributed by atoms with Crippen LogP contribution in [-0.4, -0.2) is 32.6 Å². The van der Waals surface area contributed by atoms with E-state index in [-0.39, 0.29) is 17.0 Å². The molecular weight excluding hydrogens is 384 g/mol. The van der Waals surface area contributed by atoms with Gasteiger partial charge in [-0.15, -0.1) is 17.0 Å². The Labute approximate surface area is 156 Å². The first-order valence-corrected chi connectivity index (χ1v) is 8.77. The number of carbonyl (C=O) groups excluding carboxylic acids is 1. The fraction of sp³-hybridized carbons (Fsp3) is 0.556. The Morgan fingerprint density at radius 3 is 2.68 bits per heavy atom. The molecule has 7 heteroatoms. The molecule has 0 aromatic carbocycles. The maximum absolute atomic E-state index is 11.9. The predicted molar refractivity (Wildman–Crippen MR) is 101 cm³/mol. The van der Waals surface area contributed by atoms with Gasteiger partial charge in [-0.1, -0.05) is 0 Å². The first-order chi connectivity index (χ1) is 11.5. The third-order valence-electron chi connectivity index (χ3n) is 6.40. The van der Waals surface area contributed by atoms with Gasteiger partial charge in [0.05, 0.1) is 16.9 Å². The number of amides is 1. The summed E-state index contributed by atoms with van der Waals surface area (Å²) in [6, 6.07) is 2.22. The topological polar surface area (TPSA) is 104 Å². The van der Waals surface area contributed by atoms with Crippen LogP contribution in [0.1, 0.15) is 42.5 Å². The number of aliphatic hydroxyl groups is 1. The van der Waals surface area contributed by atoms with Crippen LogP contribution in [0, 0.1) is 17.8 Å². The lowest BCUT2D eigenvalue weighted by Crippen LogP contribution is -2.59. The summed E-state index contributed by atoms with van der Waals surface area (Å²) in [5.41, 5.74) is 7.10. The third-order valence-corrected chi connectivity index (χ3v) is 6.40. The highest BCUT2D eigenvalue weighted by molar-refractivity contribution is 8.93. The van der Waals surface area contributed by atoms with Gasteiger partial charge in [0.25, 0.3) is 5.91 Å². The van der Waals surface area contributed by atoms with E-state index in [2.05, 4.69) is 15.3 Å². The molecule has 0 radical (unpaired) electrons. The maximum Gasteiger partial charge on any atom is 0.252 e. The highest BCUT2D eigenvalue weighted by Gasteiger charge is 2.54. The number of aromatic nitrogens is 2. The molecule has 5 atom stereocenters. The van der Waals surface area contributed by atoms with E-state index in [1.807, 2.05) is 12.3 Å². The Morgan fingerprint density at radius 1 is 1.32 bits per heavy atom. The molecule has 4 bridgehead atoms. The van der Waals surface area contributed by atoms with Crippen molar-refractivity contribution in [3.05, 3.63) is 24.0 Å². The molecule has 2 heterocycles. The monoisotopic (exact) mass is 406 g/mol. The van der Waals surface area contributed by atoms with Crippen LogP contribution in [0.5, 0.6) is 0 Å². The Morgan fingerprint density at radius 2 is 2.04 bits per heavy atom. The molecule has 2 aromatic heterocycles. The highest BCUT2D eigenvalue weighted by atomic mass is 79.9. The molecule has 25 heavy (non-hydrogen) atoms. The third kappa shape index (κ3) is 2.56. The van der Waals surface area contributed by atoms with E-state index >= 15 is 0 Å². The van der Waals surface area contributed by atoms with Crippen molar-refractivity contribution in [2.24, 2.45) is 23.5 Å². The van der Waals surface area contributed by atoms with Crippen LogP contribution in [0.3, 0.4) is 0 Å². The highest BCUT2D eigenvalue weighted by Crippen LogP contribution is 2.56. The molecule has 5 N–H and O–H groups in total. The number of H-pyrrole nitrogens is 1. The predicted octanol–water partition coefficient (Wildman–Crippen LogP) is 2.59. The standard InChI is InChI=1S/C18H22N4O2.BrH/c19-16(23)13-8-21-17-12(1-2-20-17)15(13)22-14-10-3-9-4-11(14)7-18(24,5-9)6-10;/h1-2,8-11,14,24H,3-7H2,(H2,19,23)(H2,20,21,22);1H/t9?,10-,11+,14?,18?;. The number of nitrogens with two attached hydrogens (primary N) is 1. The van der Waals surface area contributed by atoms with E-state index in [1.165, 1.54) is 12.8 Å². The lowest BCUT2D eigenvalue weighted by molar-refractivity contribution is -0.129. The van der Waals surface area contributed by atoms with Crippen molar-refractivity contribution in [2.75, 3.05) is 5.32 Å². The molecule has 0 saturated heterocycles. The van der Waals surface area contributed by atoms with Crippen LogP contribution >= 0.6 is 17.0 Å². The SMILES string of the molecule is Br.NC(=O)c1cnc2[nH]ccc2c1NC1[C@@H]2CC3C[C@H]1CC(O)(C3)C2. The van der Waals surface area contributed by atoms with Crippen molar-refractivity contribution in [1.82, 2.24) is 9.97 Å². The summed E-state index contributed by atoms with van der Waals surface area (Å²) < 4.78 is 0. The Hall–Kier alpha value is -1.60. The van der Waals surface area contributed by atoms with Crippen molar-refractivity contribution in [2.45, 2.75) is 43.7 Å². The minimum atomic E-state index is -0.462. The van der Waals surface area contributed by atoms with E-state index < -0.39 is 11.5 Å². The minimum absolute atomic E-state index is 0. The number of hydrogen-bond donors (Lipinski definition) is 4. The van der Waals surface area contributed by atoms with Crippen molar-refractivity contribution in [3.63, 3.8) is 0 Å². The number of nitrogens with zero attached hydrogens (tertiary/aromatic N) is 1. The van der Waals surface area contributed by atoms with Crippen molar-refractivity contribution in [3.8, 4) is 0 Å². The van der Waals surface area contributed by atoms with Crippen molar-refractivity contribution < 1.29 is 9.90 Å². The first-order valence-electron chi connectivity index (χ1n) is 8.77. The molecule has 4 saturated carbocycles. The van der Waals surface area contributed by atoms with Gasteiger partial charge in [-0.05, 0) is 55.9 Å². The van der Waals surface area contributed by atoms with E-state index in [0.717, 1.165) is 36.0 Å². The van der Waals surface area contributed by atoms with Gasteiger partial charge in [0.2, 0.25) is 0 Å². The molecule has 6 nitrogen and oxygen atoms in total. The number of fused-ring (bicyclic) bond motifs is 1. The molecule has 1 amide bonds. The average molecular weight is 407 g/mol. The smallest absolute Gasteiger partial charge is 0.252 e. The minimum Gasteiger partial charge on any atom is -0.390 e. The zero-order valence-corrected chi connectivity index (χ0v) is 15.6. The van der Waals surface area contributed by atoms with Crippen LogP contribution in [-0.2, 0) is 0 Å². The second-order valence-corrected chi connectivity index (χ2v) is 8.02. The molecule has 4 fully saturated rings. The summed E-state index contributed by atoms with van der Waals surface area (Å²) in [5, 5.41) is 15.3. The molecule has 4 aliphatic rings. The number of rotatable bonds is 3. The number of hydrogen-bond acceptors (Lipinski definition) is 4. The Bertz CT molecular complexity index is 820. The molecule has 6 rings (SSSR count). The van der Waals surface area contributed by atoms with Crippen LogP contribution in [0.25, 0.3) is 11.0 Å². The second-order valence-electron chi connectivity index (χ2n) is 8.02. The molecule has 0 aliphatic heterocycles. The van der Waals surface area contributed by atoms with Gasteiger partial charge in [0.15, 0.2) is 0 Å². The van der Waals surface area contributed by atoms with Gasteiger partial charge in [-0.2, -0.15) is 0 Å². The number of carbonyl (C=O) groups is 1. The fourth-order valence-corrected chi connectivity index (χ4v) is 5.73. The van der Waals surface area contributed by atoms with Crippen LogP contribution in [0.2, 0.25) is 0 Å². The van der Waals surface area contributed by atoms with Crippen molar-refractivity contribution in [1.29, 1.82) is 0 Å². The molecule has 4 aliphatic carbocycles. The van der Waals surface area contributed by atoms with E-state index in [1.54, 1.807) is 6.20 Å². The molecule has 3 unspecified atom stereocenters. The number of halogens is 1. The summed E-state index contributed by atoms with van der Waals surface area (Å²) in [6.07, 6.45) is 8.42. The lowest BCUT2D eigenvalue weighted by atomic mass is 9.52. The first kappa shape index (κ1) is 16.8. The average Bonchev–Trinajstić information content (AvgIpc) is 2.97. The number of aromatic amines is 1. The van der Waals surface area contributed by atoms with Crippen LogP contribution in [0.15, 0.2) is 18.5 Å². The molecule has 2 aromatic rings. The number of anilines is 1. The van der Waals surface area contributed by atoms with E-state index in [9.17, 15) is 9.90 Å². The van der Waals surface area contributed by atoms with Crippen LogP contribution in [0.4, 0.5) is 5.69 Å². The van der Waals surface area contributed by atoms with E-state index in [4.69, 9.17) is 5.73 Å². The quantitative estimate of drug-likeness (QED) is 0.628. The van der Waals surface area contributed by atoms with E-state index in [0.29, 0.717) is 29.4 Å². The second kappa shape index (κ2) is 5.71. The summed E-state index contributed by atoms with van der Waals surface area (Å²) >= 11 is 0. The summed E-state index contributed by atoms with van der Waals surface area (Å²) in [6.45, 7) is 0. The largest absolute Gasteiger partial charge is 0.390 e. The van der Waals surface area contributed by atoms with Gasteiger partial charge in [-0.3, -0.25) is 4.79 Å². The van der Waals surface area contributed by atoms with Gasteiger partial charge in [0.1, 0.15) is 5.65 Å². The summed E-state index contributed by atoms with van der Waals surface area (Å²) in [5.74, 6) is 1.12. The Kier molecular flexibility index (Phi) is 3.85. The maximum atomic E-state index is 11.9. The van der Waals surface area contributed by atoms with Crippen LogP contribution < -0.4 is 11.1 Å². The van der Waals surface area contributed by atoms with Crippen molar-refractivity contribution >= 4 is 39.6 Å². The fourth-order valence-electron chi connectivity index (χ4n) is 5.73. The Balaban J connectivity index is 0.00000157. The van der Waals surface area contributed by atoms with Gasteiger partial charge in [-0.25, -0.2) is 4.98 Å².